The molecule has 2 aromatic heterocycles. The molecule has 1 aliphatic heterocycles. The Labute approximate surface area is 225 Å². The lowest BCUT2D eigenvalue weighted by molar-refractivity contribution is 0.0691. The van der Waals surface area contributed by atoms with E-state index in [0.29, 0.717) is 35.6 Å². The van der Waals surface area contributed by atoms with Gasteiger partial charge in [-0.1, -0.05) is 35.9 Å². The van der Waals surface area contributed by atoms with Crippen molar-refractivity contribution in [1.29, 1.82) is 5.26 Å². The molecule has 38 heavy (non-hydrogen) atoms. The molecule has 4 aromatic rings. The van der Waals surface area contributed by atoms with Crippen LogP contribution < -0.4 is 15.1 Å². The van der Waals surface area contributed by atoms with Crippen LogP contribution in [0.4, 0.5) is 17.2 Å². The number of nitrogens with one attached hydrogen (secondary N) is 1. The largest absolute Gasteiger partial charge is 0.476 e. The van der Waals surface area contributed by atoms with Crippen LogP contribution in [0.15, 0.2) is 54.6 Å². The summed E-state index contributed by atoms with van der Waals surface area (Å²) in [5.41, 5.74) is 4.73. The van der Waals surface area contributed by atoms with E-state index < -0.39 is 5.97 Å². The number of carbonyl (C=O) groups is 1. The number of aryl methyl sites for hydroxylation is 1. The van der Waals surface area contributed by atoms with Crippen molar-refractivity contribution in [2.45, 2.75) is 19.9 Å². The maximum atomic E-state index is 11.7. The van der Waals surface area contributed by atoms with Gasteiger partial charge < -0.3 is 20.2 Å². The number of halogens is 1. The standard InChI is InChI=1S/C28H26ClN7O2/c1-17-14-20(18(2)31-21-8-9-24(29)33-26(21)28(37)38)25-22(15-17)32-23(16-30)27(34-25)36-12-10-35(11-13-36)19-6-4-3-5-7-19/h3-9,14-15,18,31H,10-13H2,1-2H3,(H,37,38)/t18-/m1/s1. The molecule has 1 fully saturated rings. The Hall–Kier alpha value is -4.42. The number of carboxylic acids is 1. The van der Waals surface area contributed by atoms with E-state index in [-0.39, 0.29) is 22.6 Å². The van der Waals surface area contributed by atoms with Gasteiger partial charge in [0, 0.05) is 37.4 Å². The minimum absolute atomic E-state index is 0.105. The first-order valence-electron chi connectivity index (χ1n) is 12.3. The number of aromatic carboxylic acids is 1. The summed E-state index contributed by atoms with van der Waals surface area (Å²) in [4.78, 5) is 29.8. The van der Waals surface area contributed by atoms with Crippen molar-refractivity contribution in [1.82, 2.24) is 15.0 Å². The number of anilines is 3. The van der Waals surface area contributed by atoms with E-state index in [1.165, 1.54) is 5.69 Å². The fourth-order valence-corrected chi connectivity index (χ4v) is 4.94. The lowest BCUT2D eigenvalue weighted by Gasteiger charge is -2.37. The number of nitriles is 1. The van der Waals surface area contributed by atoms with Gasteiger partial charge in [0.25, 0.3) is 0 Å². The third kappa shape index (κ3) is 5.04. The topological polar surface area (TPSA) is 118 Å². The molecular formula is C28H26ClN7O2. The zero-order valence-corrected chi connectivity index (χ0v) is 21.8. The van der Waals surface area contributed by atoms with Crippen molar-refractivity contribution < 1.29 is 9.90 Å². The Kier molecular flexibility index (Phi) is 6.99. The molecule has 10 heteroatoms. The highest BCUT2D eigenvalue weighted by atomic mass is 35.5. The first kappa shape index (κ1) is 25.2. The minimum atomic E-state index is -1.17. The molecule has 0 radical (unpaired) electrons. The number of piperazine rings is 1. The Morgan fingerprint density at radius 2 is 1.76 bits per heavy atom. The summed E-state index contributed by atoms with van der Waals surface area (Å²) < 4.78 is 0. The predicted molar refractivity (Wildman–Crippen MR) is 148 cm³/mol. The number of nitrogens with zero attached hydrogens (tertiary/aromatic N) is 6. The zero-order valence-electron chi connectivity index (χ0n) is 21.0. The quantitative estimate of drug-likeness (QED) is 0.332. The van der Waals surface area contributed by atoms with Crippen molar-refractivity contribution in [3.63, 3.8) is 0 Å². The van der Waals surface area contributed by atoms with Gasteiger partial charge in [-0.2, -0.15) is 5.26 Å². The molecule has 0 aliphatic carbocycles. The van der Waals surface area contributed by atoms with Crippen LogP contribution in [0.5, 0.6) is 0 Å². The van der Waals surface area contributed by atoms with E-state index in [4.69, 9.17) is 16.6 Å². The molecule has 2 N–H and O–H groups in total. The molecule has 192 valence electrons. The molecular weight excluding hydrogens is 502 g/mol. The van der Waals surface area contributed by atoms with E-state index in [0.717, 1.165) is 24.2 Å². The molecule has 0 spiro atoms. The van der Waals surface area contributed by atoms with Gasteiger partial charge in [-0.3, -0.25) is 0 Å². The van der Waals surface area contributed by atoms with Gasteiger partial charge in [-0.05, 0) is 49.7 Å². The van der Waals surface area contributed by atoms with Gasteiger partial charge in [-0.15, -0.1) is 0 Å². The monoisotopic (exact) mass is 527 g/mol. The highest BCUT2D eigenvalue weighted by molar-refractivity contribution is 6.29. The van der Waals surface area contributed by atoms with Crippen LogP contribution >= 0.6 is 11.6 Å². The molecule has 5 rings (SSSR count). The zero-order chi connectivity index (χ0) is 26.8. The molecule has 3 heterocycles. The third-order valence-corrected chi connectivity index (χ3v) is 6.84. The molecule has 0 bridgehead atoms. The van der Waals surface area contributed by atoms with Crippen molar-refractivity contribution in [3.8, 4) is 6.07 Å². The van der Waals surface area contributed by atoms with Crippen LogP contribution in [0.3, 0.4) is 0 Å². The van der Waals surface area contributed by atoms with E-state index in [2.05, 4.69) is 43.3 Å². The first-order chi connectivity index (χ1) is 18.3. The maximum Gasteiger partial charge on any atom is 0.356 e. The van der Waals surface area contributed by atoms with Crippen LogP contribution in [0.1, 0.15) is 40.3 Å². The number of hydrogen-bond acceptors (Lipinski definition) is 8. The molecule has 1 aliphatic rings. The Morgan fingerprint density at radius 1 is 1.05 bits per heavy atom. The fourth-order valence-electron chi connectivity index (χ4n) is 4.79. The first-order valence-corrected chi connectivity index (χ1v) is 12.7. The fraction of sp³-hybridized carbons (Fsp3) is 0.250. The Balaban J connectivity index is 1.49. The lowest BCUT2D eigenvalue weighted by Crippen LogP contribution is -2.47. The van der Waals surface area contributed by atoms with Crippen LogP contribution in [-0.2, 0) is 0 Å². The smallest absolute Gasteiger partial charge is 0.356 e. The predicted octanol–water partition coefficient (Wildman–Crippen LogP) is 5.06. The van der Waals surface area contributed by atoms with E-state index in [9.17, 15) is 15.2 Å². The number of benzene rings is 2. The Bertz CT molecular complexity index is 1550. The second-order valence-electron chi connectivity index (χ2n) is 9.24. The average molecular weight is 528 g/mol. The summed E-state index contributed by atoms with van der Waals surface area (Å²) in [5.74, 6) is -0.615. The van der Waals surface area contributed by atoms with Crippen LogP contribution in [0.2, 0.25) is 5.15 Å². The number of fused-ring (bicyclic) bond motifs is 1. The molecule has 0 saturated carbocycles. The Morgan fingerprint density at radius 3 is 2.45 bits per heavy atom. The van der Waals surface area contributed by atoms with Gasteiger partial charge in [0.1, 0.15) is 11.2 Å². The number of aromatic nitrogens is 3. The van der Waals surface area contributed by atoms with Gasteiger partial charge in [0.05, 0.1) is 22.8 Å². The van der Waals surface area contributed by atoms with Gasteiger partial charge in [0.2, 0.25) is 0 Å². The summed E-state index contributed by atoms with van der Waals surface area (Å²) in [7, 11) is 0. The summed E-state index contributed by atoms with van der Waals surface area (Å²) in [6, 6.07) is 19.2. The van der Waals surface area contributed by atoms with Crippen molar-refractivity contribution in [2.24, 2.45) is 0 Å². The van der Waals surface area contributed by atoms with Crippen LogP contribution in [0.25, 0.3) is 11.0 Å². The SMILES string of the molecule is Cc1cc([C@@H](C)Nc2ccc(Cl)nc2C(=O)O)c2nc(N3CCN(c4ccccc4)CC3)c(C#N)nc2c1. The van der Waals surface area contributed by atoms with Crippen LogP contribution in [0, 0.1) is 18.3 Å². The van der Waals surface area contributed by atoms with E-state index in [1.54, 1.807) is 12.1 Å². The van der Waals surface area contributed by atoms with Crippen LogP contribution in [-0.4, -0.2) is 52.2 Å². The molecule has 2 aromatic carbocycles. The molecule has 1 saturated heterocycles. The highest BCUT2D eigenvalue weighted by Crippen LogP contribution is 2.31. The highest BCUT2D eigenvalue weighted by Gasteiger charge is 2.24. The minimum Gasteiger partial charge on any atom is -0.476 e. The summed E-state index contributed by atoms with van der Waals surface area (Å²) in [5, 5.41) is 22.9. The van der Waals surface area contributed by atoms with Crippen molar-refractivity contribution in [3.05, 3.63) is 82.3 Å². The molecule has 9 nitrogen and oxygen atoms in total. The van der Waals surface area contributed by atoms with Gasteiger partial charge >= 0.3 is 5.97 Å². The third-order valence-electron chi connectivity index (χ3n) is 6.63. The van der Waals surface area contributed by atoms with Gasteiger partial charge in [-0.25, -0.2) is 19.7 Å². The number of pyridine rings is 1. The van der Waals surface area contributed by atoms with Crippen molar-refractivity contribution in [2.75, 3.05) is 41.3 Å². The normalized spacial score (nSPS) is 14.3. The summed E-state index contributed by atoms with van der Waals surface area (Å²) in [6.07, 6.45) is 0. The maximum absolute atomic E-state index is 11.7. The molecule has 0 unspecified atom stereocenters. The van der Waals surface area contributed by atoms with E-state index in [1.807, 2.05) is 44.2 Å². The van der Waals surface area contributed by atoms with Crippen molar-refractivity contribution >= 4 is 45.8 Å². The number of para-hydroxylation sites is 1. The second-order valence-corrected chi connectivity index (χ2v) is 9.63. The number of carboxylic acid groups (broad SMARTS) is 1. The molecule has 1 atom stereocenters. The second kappa shape index (κ2) is 10.5. The number of hydrogen-bond donors (Lipinski definition) is 2. The summed E-state index contributed by atoms with van der Waals surface area (Å²) in [6.45, 7) is 6.89. The van der Waals surface area contributed by atoms with E-state index >= 15 is 0 Å². The van der Waals surface area contributed by atoms with Gasteiger partial charge in [0.15, 0.2) is 17.2 Å². The lowest BCUT2D eigenvalue weighted by atomic mass is 10.0. The summed E-state index contributed by atoms with van der Waals surface area (Å²) >= 11 is 5.92. The molecule has 0 amide bonds. The average Bonchev–Trinajstić information content (AvgIpc) is 2.93. The number of rotatable bonds is 6.